The zero-order chi connectivity index (χ0) is 16.4. The summed E-state index contributed by atoms with van der Waals surface area (Å²) in [6.45, 7) is 2.00. The minimum Gasteiger partial charge on any atom is -0.462 e. The van der Waals surface area contributed by atoms with Crippen molar-refractivity contribution >= 4 is 39.2 Å². The molecule has 0 saturated carbocycles. The van der Waals surface area contributed by atoms with Crippen LogP contribution in [0, 0.1) is 5.82 Å². The van der Waals surface area contributed by atoms with Crippen molar-refractivity contribution in [3.63, 3.8) is 0 Å². The van der Waals surface area contributed by atoms with Gasteiger partial charge in [0.25, 0.3) is 0 Å². The predicted octanol–water partition coefficient (Wildman–Crippen LogP) is 2.81. The van der Waals surface area contributed by atoms with Crippen LogP contribution in [0.15, 0.2) is 29.7 Å². The molecule has 6 nitrogen and oxygen atoms in total. The van der Waals surface area contributed by atoms with Crippen molar-refractivity contribution in [1.29, 1.82) is 0 Å². The van der Waals surface area contributed by atoms with E-state index in [4.69, 9.17) is 10.6 Å². The number of aromatic nitrogens is 3. The molecule has 2 N–H and O–H groups in total. The Morgan fingerprint density at radius 3 is 3.04 bits per heavy atom. The van der Waals surface area contributed by atoms with Gasteiger partial charge in [0, 0.05) is 15.8 Å². The Kier molecular flexibility index (Phi) is 4.49. The summed E-state index contributed by atoms with van der Waals surface area (Å²) in [5, 5.41) is 8.49. The minimum absolute atomic E-state index is 0.263. The second-order valence-corrected chi connectivity index (χ2v) is 6.55. The van der Waals surface area contributed by atoms with Crippen LogP contribution in [-0.4, -0.2) is 27.4 Å². The minimum atomic E-state index is -0.446. The van der Waals surface area contributed by atoms with Crippen LogP contribution in [0.1, 0.15) is 22.2 Å². The SMILES string of the molecule is CCOC(=O)c1sc2cccc(F)c2c1CSc1nncn1N. The Balaban J connectivity index is 2.03. The molecule has 1 aromatic carbocycles. The van der Waals surface area contributed by atoms with Crippen molar-refractivity contribution in [3.05, 3.63) is 40.8 Å². The molecule has 23 heavy (non-hydrogen) atoms. The molecule has 0 atom stereocenters. The van der Waals surface area contributed by atoms with Gasteiger partial charge in [-0.1, -0.05) is 17.8 Å². The Labute approximate surface area is 139 Å². The predicted molar refractivity (Wildman–Crippen MR) is 87.5 cm³/mol. The van der Waals surface area contributed by atoms with Crippen molar-refractivity contribution in [1.82, 2.24) is 14.9 Å². The molecule has 0 spiro atoms. The highest BCUT2D eigenvalue weighted by atomic mass is 32.2. The number of esters is 1. The summed E-state index contributed by atoms with van der Waals surface area (Å²) in [6.07, 6.45) is 1.38. The van der Waals surface area contributed by atoms with Crippen molar-refractivity contribution in [3.8, 4) is 0 Å². The Morgan fingerprint density at radius 2 is 2.35 bits per heavy atom. The Morgan fingerprint density at radius 1 is 1.52 bits per heavy atom. The molecule has 0 aliphatic rings. The second kappa shape index (κ2) is 6.55. The highest BCUT2D eigenvalue weighted by Crippen LogP contribution is 2.37. The highest BCUT2D eigenvalue weighted by Gasteiger charge is 2.22. The van der Waals surface area contributed by atoms with Gasteiger partial charge in [-0.2, -0.15) is 0 Å². The molecule has 120 valence electrons. The first-order chi connectivity index (χ1) is 11.1. The summed E-state index contributed by atoms with van der Waals surface area (Å²) in [7, 11) is 0. The number of thiophene rings is 1. The van der Waals surface area contributed by atoms with E-state index in [1.165, 1.54) is 40.2 Å². The van der Waals surface area contributed by atoms with E-state index in [1.807, 2.05) is 0 Å². The van der Waals surface area contributed by atoms with Crippen LogP contribution in [0.25, 0.3) is 10.1 Å². The monoisotopic (exact) mass is 352 g/mol. The van der Waals surface area contributed by atoms with Crippen LogP contribution in [-0.2, 0) is 10.5 Å². The number of carbonyl (C=O) groups excluding carboxylic acids is 1. The molecule has 9 heteroatoms. The molecule has 0 amide bonds. The fourth-order valence-electron chi connectivity index (χ4n) is 2.14. The maximum Gasteiger partial charge on any atom is 0.348 e. The summed E-state index contributed by atoms with van der Waals surface area (Å²) >= 11 is 2.51. The topological polar surface area (TPSA) is 83.0 Å². The van der Waals surface area contributed by atoms with Gasteiger partial charge >= 0.3 is 5.97 Å². The van der Waals surface area contributed by atoms with Gasteiger partial charge in [-0.15, -0.1) is 21.5 Å². The number of fused-ring (bicyclic) bond motifs is 1. The number of nitrogen functional groups attached to an aromatic ring is 1. The normalized spacial score (nSPS) is 11.0. The smallest absolute Gasteiger partial charge is 0.348 e. The van der Waals surface area contributed by atoms with Crippen molar-refractivity contribution in [2.24, 2.45) is 0 Å². The summed E-state index contributed by atoms with van der Waals surface area (Å²) in [5.41, 5.74) is 0.592. The molecular weight excluding hydrogens is 339 g/mol. The molecule has 0 fully saturated rings. The lowest BCUT2D eigenvalue weighted by Gasteiger charge is -2.05. The number of thioether (sulfide) groups is 1. The van der Waals surface area contributed by atoms with Crippen LogP contribution in [0.3, 0.4) is 0 Å². The lowest BCUT2D eigenvalue weighted by atomic mass is 10.1. The number of benzene rings is 1. The van der Waals surface area contributed by atoms with E-state index in [1.54, 1.807) is 19.1 Å². The third-order valence-electron chi connectivity index (χ3n) is 3.11. The van der Waals surface area contributed by atoms with Crippen molar-refractivity contribution < 1.29 is 13.9 Å². The Bertz CT molecular complexity index is 862. The number of halogens is 1. The van der Waals surface area contributed by atoms with Gasteiger partial charge in [-0.25, -0.2) is 13.9 Å². The first-order valence-corrected chi connectivity index (χ1v) is 8.57. The van der Waals surface area contributed by atoms with E-state index < -0.39 is 5.97 Å². The van der Waals surface area contributed by atoms with Crippen LogP contribution in [0.5, 0.6) is 0 Å². The largest absolute Gasteiger partial charge is 0.462 e. The fourth-order valence-corrected chi connectivity index (χ4v) is 4.22. The van der Waals surface area contributed by atoms with Gasteiger partial charge < -0.3 is 10.6 Å². The molecule has 0 aliphatic carbocycles. The first-order valence-electron chi connectivity index (χ1n) is 6.76. The third-order valence-corrected chi connectivity index (χ3v) is 5.27. The van der Waals surface area contributed by atoms with Gasteiger partial charge in [0.2, 0.25) is 5.16 Å². The fraction of sp³-hybridized carbons (Fsp3) is 0.214. The lowest BCUT2D eigenvalue weighted by molar-refractivity contribution is 0.0531. The van der Waals surface area contributed by atoms with E-state index in [2.05, 4.69) is 10.2 Å². The van der Waals surface area contributed by atoms with Crippen LogP contribution < -0.4 is 5.84 Å². The molecule has 3 rings (SSSR count). The molecular formula is C14H13FN4O2S2. The van der Waals surface area contributed by atoms with Crippen LogP contribution in [0.4, 0.5) is 4.39 Å². The molecule has 3 aromatic rings. The Hall–Kier alpha value is -2.13. The summed E-state index contributed by atoms with van der Waals surface area (Å²) < 4.78 is 21.3. The van der Waals surface area contributed by atoms with Gasteiger partial charge in [0.15, 0.2) is 0 Å². The lowest BCUT2D eigenvalue weighted by Crippen LogP contribution is -2.08. The van der Waals surface area contributed by atoms with E-state index >= 15 is 0 Å². The van der Waals surface area contributed by atoms with Crippen LogP contribution >= 0.6 is 23.1 Å². The molecule has 0 aliphatic heterocycles. The van der Waals surface area contributed by atoms with Gasteiger partial charge in [-0.05, 0) is 24.6 Å². The number of ether oxygens (including phenoxy) is 1. The average molecular weight is 352 g/mol. The molecule has 0 unspecified atom stereocenters. The molecule has 0 saturated heterocycles. The zero-order valence-electron chi connectivity index (χ0n) is 12.2. The number of hydrogen-bond donors (Lipinski definition) is 1. The van der Waals surface area contributed by atoms with Crippen LogP contribution in [0.2, 0.25) is 0 Å². The van der Waals surface area contributed by atoms with E-state index in [0.29, 0.717) is 31.4 Å². The van der Waals surface area contributed by atoms with E-state index in [9.17, 15) is 9.18 Å². The molecule has 2 heterocycles. The number of nitrogens with two attached hydrogens (primary N) is 1. The second-order valence-electron chi connectivity index (χ2n) is 4.55. The standard InChI is InChI=1S/C14H13FN4O2S2/c1-2-21-13(20)12-8(6-22-14-18-17-7-19(14)16)11-9(15)4-3-5-10(11)23-12/h3-5,7H,2,6,16H2,1H3. The van der Waals surface area contributed by atoms with E-state index in [0.717, 1.165) is 0 Å². The summed E-state index contributed by atoms with van der Waals surface area (Å²) in [5.74, 6) is 5.21. The maximum absolute atomic E-state index is 14.2. The molecule has 0 bridgehead atoms. The maximum atomic E-state index is 14.2. The van der Waals surface area contributed by atoms with Gasteiger partial charge in [0.1, 0.15) is 17.0 Å². The zero-order valence-corrected chi connectivity index (χ0v) is 13.8. The van der Waals surface area contributed by atoms with E-state index in [-0.39, 0.29) is 12.4 Å². The number of hydrogen-bond acceptors (Lipinski definition) is 7. The number of carbonyl (C=O) groups is 1. The summed E-state index contributed by atoms with van der Waals surface area (Å²) in [4.78, 5) is 12.6. The van der Waals surface area contributed by atoms with Gasteiger partial charge in [-0.3, -0.25) is 0 Å². The number of rotatable bonds is 5. The highest BCUT2D eigenvalue weighted by molar-refractivity contribution is 7.98. The molecule has 2 aromatic heterocycles. The molecule has 0 radical (unpaired) electrons. The number of nitrogens with zero attached hydrogens (tertiary/aromatic N) is 3. The third kappa shape index (κ3) is 3.02. The van der Waals surface area contributed by atoms with Gasteiger partial charge in [0.05, 0.1) is 6.61 Å². The first kappa shape index (κ1) is 15.8. The average Bonchev–Trinajstić information content (AvgIpc) is 3.10. The summed E-state index contributed by atoms with van der Waals surface area (Å²) in [6, 6.07) is 4.78. The van der Waals surface area contributed by atoms with Crippen molar-refractivity contribution in [2.45, 2.75) is 17.8 Å². The quantitative estimate of drug-likeness (QED) is 0.432. The van der Waals surface area contributed by atoms with Crippen molar-refractivity contribution in [2.75, 3.05) is 12.4 Å².